The number of rotatable bonds is 17. The molecule has 206 valence electrons. The van der Waals surface area contributed by atoms with Gasteiger partial charge in [0.25, 0.3) is 0 Å². The van der Waals surface area contributed by atoms with Gasteiger partial charge in [-0.2, -0.15) is 0 Å². The molecule has 0 aliphatic carbocycles. The zero-order chi connectivity index (χ0) is 27.7. The smallest absolute Gasteiger partial charge is 0.407 e. The molecule has 12 nitrogen and oxygen atoms in total. The van der Waals surface area contributed by atoms with Gasteiger partial charge >= 0.3 is 24.1 Å². The first-order chi connectivity index (χ1) is 16.8. The summed E-state index contributed by atoms with van der Waals surface area (Å²) in [6, 6.07) is -1.10. The molecule has 0 aromatic heterocycles. The molecular weight excluding hydrogens is 472 g/mol. The number of aliphatic hydroxyl groups is 1. The van der Waals surface area contributed by atoms with Gasteiger partial charge in [0.05, 0.1) is 19.2 Å². The summed E-state index contributed by atoms with van der Waals surface area (Å²) in [5.41, 5.74) is 6.56. The fourth-order valence-corrected chi connectivity index (χ4v) is 2.91. The predicted molar refractivity (Wildman–Crippen MR) is 134 cm³/mol. The molecular formula is C24H42N4O8. The highest BCUT2D eigenvalue weighted by Gasteiger charge is 2.22. The van der Waals surface area contributed by atoms with E-state index in [1.165, 1.54) is 13.8 Å². The van der Waals surface area contributed by atoms with Crippen molar-refractivity contribution in [2.45, 2.75) is 77.7 Å². The second kappa shape index (κ2) is 18.2. The Labute approximate surface area is 213 Å². The van der Waals surface area contributed by atoms with E-state index in [9.17, 15) is 24.3 Å². The van der Waals surface area contributed by atoms with Gasteiger partial charge < -0.3 is 41.0 Å². The van der Waals surface area contributed by atoms with E-state index in [0.29, 0.717) is 12.8 Å². The number of carbonyl (C=O) groups is 4. The van der Waals surface area contributed by atoms with E-state index in [1.54, 1.807) is 6.92 Å². The average Bonchev–Trinajstić information content (AvgIpc) is 2.78. The highest BCUT2D eigenvalue weighted by atomic mass is 16.6. The Kier molecular flexibility index (Phi) is 16.6. The maximum Gasteiger partial charge on any atom is 0.407 e. The first-order valence-corrected chi connectivity index (χ1v) is 11.9. The quantitative estimate of drug-likeness (QED) is 0.0827. The Morgan fingerprint density at radius 1 is 0.917 bits per heavy atom. The third-order valence-corrected chi connectivity index (χ3v) is 4.84. The molecule has 0 aliphatic rings. The number of aliphatic hydroxyl groups excluding tert-OH is 1. The summed E-state index contributed by atoms with van der Waals surface area (Å²) in [6.07, 6.45) is -0.757. The van der Waals surface area contributed by atoms with Gasteiger partial charge in [0, 0.05) is 29.7 Å². The Balaban J connectivity index is 4.50. The lowest BCUT2D eigenvalue weighted by Crippen LogP contribution is -2.46. The molecule has 0 rings (SSSR count). The van der Waals surface area contributed by atoms with Gasteiger partial charge in [0.1, 0.15) is 19.3 Å². The summed E-state index contributed by atoms with van der Waals surface area (Å²) in [5, 5.41) is 18.3. The van der Waals surface area contributed by atoms with Crippen LogP contribution in [0.15, 0.2) is 24.3 Å². The van der Waals surface area contributed by atoms with Crippen molar-refractivity contribution in [1.82, 2.24) is 16.0 Å². The SMILES string of the molecule is C=C(C)C(=O)OCCNC(=O)NC(CC(N)CC)CC(O)CC(C)OC(=O)NCCOC(=O)C(=C)C. The number of nitrogens with two attached hydrogens (primary N) is 1. The standard InChI is InChI=1S/C24H42N4O8/c1-7-18(25)13-19(28-23(32)26-8-10-34-21(30)15(2)3)14-20(29)12-17(6)36-24(33)27-9-11-35-22(31)16(4)5/h17-20,29H,2,4,7-14,25H2,1,3,5-6H3,(H,27,33)(H2,26,28,32). The minimum Gasteiger partial charge on any atom is -0.460 e. The van der Waals surface area contributed by atoms with Crippen LogP contribution in [0.2, 0.25) is 0 Å². The molecule has 4 unspecified atom stereocenters. The summed E-state index contributed by atoms with van der Waals surface area (Å²) < 4.78 is 15.0. The zero-order valence-electron chi connectivity index (χ0n) is 21.8. The summed E-state index contributed by atoms with van der Waals surface area (Å²) in [4.78, 5) is 46.8. The van der Waals surface area contributed by atoms with Crippen LogP contribution in [0.3, 0.4) is 0 Å². The van der Waals surface area contributed by atoms with E-state index < -0.39 is 42.3 Å². The summed E-state index contributed by atoms with van der Waals surface area (Å²) in [6.45, 7) is 13.7. The number of hydrogen-bond acceptors (Lipinski definition) is 9. The van der Waals surface area contributed by atoms with Crippen LogP contribution < -0.4 is 21.7 Å². The number of esters is 2. The van der Waals surface area contributed by atoms with E-state index in [-0.39, 0.29) is 56.3 Å². The third-order valence-electron chi connectivity index (χ3n) is 4.84. The molecule has 0 spiro atoms. The van der Waals surface area contributed by atoms with Crippen LogP contribution in [0.1, 0.15) is 53.4 Å². The minimum absolute atomic E-state index is 0.00583. The minimum atomic E-state index is -0.879. The summed E-state index contributed by atoms with van der Waals surface area (Å²) in [7, 11) is 0. The number of alkyl carbamates (subject to hydrolysis) is 1. The molecule has 4 atom stereocenters. The lowest BCUT2D eigenvalue weighted by molar-refractivity contribution is -0.139. The monoisotopic (exact) mass is 514 g/mol. The zero-order valence-corrected chi connectivity index (χ0v) is 21.8. The Bertz CT molecular complexity index is 758. The molecule has 0 heterocycles. The van der Waals surface area contributed by atoms with Gasteiger partial charge in [-0.05, 0) is 40.0 Å². The second-order valence-electron chi connectivity index (χ2n) is 8.60. The predicted octanol–water partition coefficient (Wildman–Crippen LogP) is 1.28. The highest BCUT2D eigenvalue weighted by Crippen LogP contribution is 2.12. The van der Waals surface area contributed by atoms with Crippen LogP contribution in [0.5, 0.6) is 0 Å². The molecule has 6 N–H and O–H groups in total. The van der Waals surface area contributed by atoms with Crippen molar-refractivity contribution < 1.29 is 38.5 Å². The first kappa shape index (κ1) is 32.9. The molecule has 0 aromatic carbocycles. The molecule has 36 heavy (non-hydrogen) atoms. The fourth-order valence-electron chi connectivity index (χ4n) is 2.91. The number of carbonyl (C=O) groups excluding carboxylic acids is 4. The Morgan fingerprint density at radius 2 is 1.44 bits per heavy atom. The fraction of sp³-hybridized carbons (Fsp3) is 0.667. The number of urea groups is 1. The van der Waals surface area contributed by atoms with Crippen molar-refractivity contribution >= 4 is 24.1 Å². The highest BCUT2D eigenvalue weighted by molar-refractivity contribution is 5.87. The normalized spacial score (nSPS) is 13.8. The molecule has 0 aromatic rings. The van der Waals surface area contributed by atoms with Crippen molar-refractivity contribution in [3.63, 3.8) is 0 Å². The lowest BCUT2D eigenvalue weighted by Gasteiger charge is -2.25. The van der Waals surface area contributed by atoms with Crippen molar-refractivity contribution in [2.24, 2.45) is 5.73 Å². The van der Waals surface area contributed by atoms with E-state index in [1.807, 2.05) is 6.92 Å². The van der Waals surface area contributed by atoms with Crippen LogP contribution in [0, 0.1) is 0 Å². The van der Waals surface area contributed by atoms with E-state index in [2.05, 4.69) is 29.1 Å². The van der Waals surface area contributed by atoms with Gasteiger partial charge in [-0.15, -0.1) is 0 Å². The van der Waals surface area contributed by atoms with Gasteiger partial charge in [-0.25, -0.2) is 19.2 Å². The molecule has 0 saturated carbocycles. The van der Waals surface area contributed by atoms with E-state index in [0.717, 1.165) is 0 Å². The Hall–Kier alpha value is -3.12. The van der Waals surface area contributed by atoms with Crippen LogP contribution in [0.25, 0.3) is 0 Å². The number of nitrogens with one attached hydrogen (secondary N) is 3. The number of hydrogen-bond donors (Lipinski definition) is 5. The number of amides is 3. The van der Waals surface area contributed by atoms with Gasteiger partial charge in [-0.1, -0.05) is 20.1 Å². The van der Waals surface area contributed by atoms with Crippen LogP contribution in [-0.2, 0) is 23.8 Å². The van der Waals surface area contributed by atoms with Crippen LogP contribution >= 0.6 is 0 Å². The summed E-state index contributed by atoms with van der Waals surface area (Å²) >= 11 is 0. The van der Waals surface area contributed by atoms with Crippen LogP contribution in [-0.4, -0.2) is 79.8 Å². The second-order valence-corrected chi connectivity index (χ2v) is 8.60. The maximum atomic E-state index is 12.2. The van der Waals surface area contributed by atoms with E-state index >= 15 is 0 Å². The largest absolute Gasteiger partial charge is 0.460 e. The van der Waals surface area contributed by atoms with Gasteiger partial charge in [-0.3, -0.25) is 0 Å². The van der Waals surface area contributed by atoms with Crippen LogP contribution in [0.4, 0.5) is 9.59 Å². The van der Waals surface area contributed by atoms with Gasteiger partial charge in [0.15, 0.2) is 0 Å². The first-order valence-electron chi connectivity index (χ1n) is 11.9. The number of ether oxygens (including phenoxy) is 3. The maximum absolute atomic E-state index is 12.2. The summed E-state index contributed by atoms with van der Waals surface area (Å²) in [5.74, 6) is -1.09. The molecule has 0 bridgehead atoms. The van der Waals surface area contributed by atoms with Crippen molar-refractivity contribution in [3.05, 3.63) is 24.3 Å². The van der Waals surface area contributed by atoms with Crippen molar-refractivity contribution in [3.8, 4) is 0 Å². The Morgan fingerprint density at radius 3 is 1.94 bits per heavy atom. The third kappa shape index (κ3) is 16.5. The molecule has 0 radical (unpaired) electrons. The van der Waals surface area contributed by atoms with E-state index in [4.69, 9.17) is 19.9 Å². The lowest BCUT2D eigenvalue weighted by atomic mass is 9.98. The van der Waals surface area contributed by atoms with Crippen molar-refractivity contribution in [1.29, 1.82) is 0 Å². The molecule has 3 amide bonds. The van der Waals surface area contributed by atoms with Gasteiger partial charge in [0.2, 0.25) is 0 Å². The van der Waals surface area contributed by atoms with Crippen molar-refractivity contribution in [2.75, 3.05) is 26.3 Å². The average molecular weight is 515 g/mol. The molecule has 0 fully saturated rings. The molecule has 12 heteroatoms. The molecule has 0 saturated heterocycles. The molecule has 0 aliphatic heterocycles. The topological polar surface area (TPSA) is 178 Å².